The van der Waals surface area contributed by atoms with Crippen LogP contribution in [0.2, 0.25) is 8.67 Å². The molecule has 4 nitrogen and oxygen atoms in total. The van der Waals surface area contributed by atoms with Crippen molar-refractivity contribution in [1.29, 1.82) is 0 Å². The Kier molecular flexibility index (Phi) is 5.69. The standard InChI is InChI=1S/C9H13Cl2NO3S2/c1-6(3-2-4-13)12-17(14,15)7-5-8(10)16-9(7)11/h5-6,12-13H,2-4H2,1H3. The zero-order valence-corrected chi connectivity index (χ0v) is 12.3. The topological polar surface area (TPSA) is 66.4 Å². The van der Waals surface area contributed by atoms with Crippen molar-refractivity contribution >= 4 is 44.6 Å². The molecule has 0 saturated carbocycles. The third-order valence-electron chi connectivity index (χ3n) is 2.07. The van der Waals surface area contributed by atoms with Crippen molar-refractivity contribution in [2.75, 3.05) is 6.61 Å². The summed E-state index contributed by atoms with van der Waals surface area (Å²) in [7, 11) is -3.64. The fourth-order valence-electron chi connectivity index (χ4n) is 1.29. The van der Waals surface area contributed by atoms with E-state index in [9.17, 15) is 8.42 Å². The molecule has 0 aromatic carbocycles. The average molecular weight is 318 g/mol. The van der Waals surface area contributed by atoms with Gasteiger partial charge in [-0.05, 0) is 25.8 Å². The van der Waals surface area contributed by atoms with Crippen molar-refractivity contribution in [2.45, 2.75) is 30.7 Å². The second-order valence-corrected chi connectivity index (χ2v) is 7.54. The summed E-state index contributed by atoms with van der Waals surface area (Å²) in [5.41, 5.74) is 0. The van der Waals surface area contributed by atoms with Gasteiger partial charge in [-0.15, -0.1) is 11.3 Å². The lowest BCUT2D eigenvalue weighted by atomic mass is 10.2. The number of sulfonamides is 1. The molecule has 2 N–H and O–H groups in total. The van der Waals surface area contributed by atoms with Crippen molar-refractivity contribution < 1.29 is 13.5 Å². The zero-order valence-electron chi connectivity index (χ0n) is 9.11. The number of aliphatic hydroxyl groups excluding tert-OH is 1. The smallest absolute Gasteiger partial charge is 0.243 e. The SMILES string of the molecule is CC(CCCO)NS(=O)(=O)c1cc(Cl)sc1Cl. The van der Waals surface area contributed by atoms with E-state index in [-0.39, 0.29) is 21.9 Å². The number of aliphatic hydroxyl groups is 1. The molecule has 0 aliphatic heterocycles. The summed E-state index contributed by atoms with van der Waals surface area (Å²) in [6.45, 7) is 1.77. The highest BCUT2D eigenvalue weighted by atomic mass is 35.5. The molecule has 0 bridgehead atoms. The summed E-state index contributed by atoms with van der Waals surface area (Å²) in [6.07, 6.45) is 1.10. The van der Waals surface area contributed by atoms with Crippen molar-refractivity contribution in [3.8, 4) is 0 Å². The van der Waals surface area contributed by atoms with Gasteiger partial charge in [-0.3, -0.25) is 0 Å². The van der Waals surface area contributed by atoms with E-state index in [4.69, 9.17) is 28.3 Å². The van der Waals surface area contributed by atoms with Gasteiger partial charge in [-0.1, -0.05) is 23.2 Å². The summed E-state index contributed by atoms with van der Waals surface area (Å²) in [5, 5.41) is 8.66. The summed E-state index contributed by atoms with van der Waals surface area (Å²) >= 11 is 12.5. The molecule has 1 aromatic rings. The lowest BCUT2D eigenvalue weighted by Gasteiger charge is -2.12. The first-order chi connectivity index (χ1) is 7.86. The monoisotopic (exact) mass is 317 g/mol. The molecule has 1 rings (SSSR count). The molecule has 0 spiro atoms. The van der Waals surface area contributed by atoms with Crippen LogP contribution in [-0.2, 0) is 10.0 Å². The minimum atomic E-state index is -3.64. The van der Waals surface area contributed by atoms with Gasteiger partial charge >= 0.3 is 0 Å². The van der Waals surface area contributed by atoms with E-state index in [1.807, 2.05) is 0 Å². The number of hydrogen-bond donors (Lipinski definition) is 2. The maximum atomic E-state index is 11.9. The summed E-state index contributed by atoms with van der Waals surface area (Å²) in [4.78, 5) is 0.00464. The Labute approximate surface area is 115 Å². The third-order valence-corrected chi connectivity index (χ3v) is 5.41. The van der Waals surface area contributed by atoms with Crippen LogP contribution in [0.1, 0.15) is 19.8 Å². The van der Waals surface area contributed by atoms with Gasteiger partial charge in [0.1, 0.15) is 9.23 Å². The van der Waals surface area contributed by atoms with E-state index in [1.165, 1.54) is 6.07 Å². The Morgan fingerprint density at radius 2 is 2.18 bits per heavy atom. The lowest BCUT2D eigenvalue weighted by molar-refractivity contribution is 0.279. The van der Waals surface area contributed by atoms with E-state index < -0.39 is 10.0 Å². The van der Waals surface area contributed by atoms with Crippen LogP contribution in [0.4, 0.5) is 0 Å². The molecule has 0 radical (unpaired) electrons. The molecule has 98 valence electrons. The van der Waals surface area contributed by atoms with Gasteiger partial charge < -0.3 is 5.11 Å². The van der Waals surface area contributed by atoms with Crippen molar-refractivity contribution in [3.05, 3.63) is 14.7 Å². The number of nitrogens with one attached hydrogen (secondary N) is 1. The fraction of sp³-hybridized carbons (Fsp3) is 0.556. The Balaban J connectivity index is 2.79. The molecule has 0 saturated heterocycles. The summed E-state index contributed by atoms with van der Waals surface area (Å²) in [5.74, 6) is 0. The largest absolute Gasteiger partial charge is 0.396 e. The molecule has 0 aliphatic rings. The van der Waals surface area contributed by atoms with Gasteiger partial charge in [0.25, 0.3) is 0 Å². The second kappa shape index (κ2) is 6.36. The Morgan fingerprint density at radius 3 is 2.65 bits per heavy atom. The first-order valence-electron chi connectivity index (χ1n) is 4.95. The average Bonchev–Trinajstić information content (AvgIpc) is 2.55. The number of hydrogen-bond acceptors (Lipinski definition) is 4. The maximum Gasteiger partial charge on any atom is 0.243 e. The summed E-state index contributed by atoms with van der Waals surface area (Å²) < 4.78 is 26.8. The van der Waals surface area contributed by atoms with E-state index >= 15 is 0 Å². The first-order valence-corrected chi connectivity index (χ1v) is 8.00. The molecule has 1 heterocycles. The third kappa shape index (κ3) is 4.39. The predicted molar refractivity (Wildman–Crippen MR) is 70.4 cm³/mol. The highest BCUT2D eigenvalue weighted by molar-refractivity contribution is 7.89. The molecule has 1 atom stereocenters. The zero-order chi connectivity index (χ0) is 13.1. The lowest BCUT2D eigenvalue weighted by Crippen LogP contribution is -2.32. The minimum absolute atomic E-state index is 0.00464. The maximum absolute atomic E-state index is 11.9. The molecular weight excluding hydrogens is 305 g/mol. The van der Waals surface area contributed by atoms with Gasteiger partial charge in [0.05, 0.1) is 4.34 Å². The van der Waals surface area contributed by atoms with Crippen LogP contribution in [0.25, 0.3) is 0 Å². The van der Waals surface area contributed by atoms with Crippen LogP contribution < -0.4 is 4.72 Å². The molecule has 1 aromatic heterocycles. The van der Waals surface area contributed by atoms with Crippen LogP contribution in [0.5, 0.6) is 0 Å². The van der Waals surface area contributed by atoms with Crippen LogP contribution in [0, 0.1) is 0 Å². The van der Waals surface area contributed by atoms with Crippen molar-refractivity contribution in [2.24, 2.45) is 0 Å². The van der Waals surface area contributed by atoms with Gasteiger partial charge in [-0.2, -0.15) is 0 Å². The normalized spacial score (nSPS) is 13.9. The highest BCUT2D eigenvalue weighted by Gasteiger charge is 2.22. The number of thiophene rings is 1. The Hall–Kier alpha value is 0.150. The number of halogens is 2. The van der Waals surface area contributed by atoms with Gasteiger partial charge in [0.2, 0.25) is 10.0 Å². The van der Waals surface area contributed by atoms with Crippen molar-refractivity contribution in [3.63, 3.8) is 0 Å². The molecule has 0 fully saturated rings. The first kappa shape index (κ1) is 15.2. The quantitative estimate of drug-likeness (QED) is 0.847. The predicted octanol–water partition coefficient (Wildman–Crippen LogP) is 2.49. The van der Waals surface area contributed by atoms with Crippen LogP contribution in [-0.4, -0.2) is 26.2 Å². The molecule has 0 aliphatic carbocycles. The molecule has 1 unspecified atom stereocenters. The molecule has 17 heavy (non-hydrogen) atoms. The van der Waals surface area contributed by atoms with Crippen LogP contribution >= 0.6 is 34.5 Å². The highest BCUT2D eigenvalue weighted by Crippen LogP contribution is 2.34. The fourth-order valence-corrected chi connectivity index (χ4v) is 4.72. The summed E-state index contributed by atoms with van der Waals surface area (Å²) in [6, 6.07) is 1.07. The Bertz CT molecular complexity index is 473. The Morgan fingerprint density at radius 1 is 1.53 bits per heavy atom. The van der Waals surface area contributed by atoms with E-state index in [0.717, 1.165) is 11.3 Å². The van der Waals surface area contributed by atoms with Gasteiger partial charge in [0, 0.05) is 12.6 Å². The van der Waals surface area contributed by atoms with E-state index in [2.05, 4.69) is 4.72 Å². The second-order valence-electron chi connectivity index (χ2n) is 3.58. The molecule has 8 heteroatoms. The minimum Gasteiger partial charge on any atom is -0.396 e. The van der Waals surface area contributed by atoms with Gasteiger partial charge in [-0.25, -0.2) is 13.1 Å². The van der Waals surface area contributed by atoms with Crippen molar-refractivity contribution in [1.82, 2.24) is 4.72 Å². The molecule has 0 amide bonds. The van der Waals surface area contributed by atoms with Gasteiger partial charge in [0.15, 0.2) is 0 Å². The van der Waals surface area contributed by atoms with Crippen LogP contribution in [0.15, 0.2) is 11.0 Å². The van der Waals surface area contributed by atoms with E-state index in [1.54, 1.807) is 6.92 Å². The van der Waals surface area contributed by atoms with Crippen LogP contribution in [0.3, 0.4) is 0 Å². The van der Waals surface area contributed by atoms with E-state index in [0.29, 0.717) is 17.2 Å². The molecular formula is C9H13Cl2NO3S2. The number of rotatable bonds is 6.